The topological polar surface area (TPSA) is 38.9 Å². The Morgan fingerprint density at radius 1 is 0.500 bits per heavy atom. The summed E-state index contributed by atoms with van der Waals surface area (Å²) >= 11 is 0. The monoisotopic (exact) mass is 615 g/mol. The molecular weight excluding hydrogens is 587 g/mol. The second-order valence-electron chi connectivity index (χ2n) is 12.4. The van der Waals surface area contributed by atoms with E-state index in [9.17, 15) is 0 Å². The van der Waals surface area contributed by atoms with Crippen LogP contribution in [0.1, 0.15) is 0 Å². The summed E-state index contributed by atoms with van der Waals surface area (Å²) in [4.78, 5) is 12.3. The van der Waals surface area contributed by atoms with Crippen LogP contribution >= 0.6 is 0 Å². The van der Waals surface area contributed by atoms with Crippen molar-refractivity contribution in [1.82, 2.24) is 19.1 Å². The Hall–Kier alpha value is -6.46. The smallest absolute Gasteiger partial charge is 0.140 e. The molecule has 0 unspecified atom stereocenters. The van der Waals surface area contributed by atoms with E-state index in [1.54, 1.807) is 0 Å². The molecule has 0 fully saturated rings. The van der Waals surface area contributed by atoms with Crippen molar-refractivity contribution >= 4 is 49.9 Å². The Morgan fingerprint density at radius 3 is 2.00 bits per heavy atom. The normalized spacial score (nSPS) is 12.2. The van der Waals surface area contributed by atoms with Crippen LogP contribution in [0.4, 0.5) is 17.1 Å². The van der Waals surface area contributed by atoms with Crippen LogP contribution in [-0.4, -0.2) is 19.1 Å². The second kappa shape index (κ2) is 10.3. The van der Waals surface area contributed by atoms with Crippen LogP contribution in [0, 0.1) is 0 Å². The first-order valence-electron chi connectivity index (χ1n) is 16.2. The summed E-state index contributed by atoms with van der Waals surface area (Å²) in [6, 6.07) is 54.2. The Morgan fingerprint density at radius 2 is 1.19 bits per heavy atom. The quantitative estimate of drug-likeness (QED) is 0.198. The van der Waals surface area contributed by atoms with Gasteiger partial charge in [-0.2, -0.15) is 0 Å². The van der Waals surface area contributed by atoms with Crippen molar-refractivity contribution in [3.8, 4) is 39.5 Å². The molecule has 0 N–H and O–H groups in total. The van der Waals surface area contributed by atoms with Crippen molar-refractivity contribution in [2.45, 2.75) is 0 Å². The van der Waals surface area contributed by atoms with Crippen molar-refractivity contribution in [3.63, 3.8) is 0 Å². The molecule has 3 aromatic heterocycles. The number of hydrogen-bond donors (Lipinski definition) is 0. The minimum Gasteiger partial charge on any atom is -0.327 e. The Bertz CT molecular complexity index is 2700. The number of nitrogens with zero attached hydrogens (tertiary/aromatic N) is 5. The molecule has 0 atom stereocenters. The molecule has 226 valence electrons. The average molecular weight is 616 g/mol. The molecule has 1 aliphatic heterocycles. The minimum absolute atomic E-state index is 0.897. The number of rotatable bonds is 3. The molecule has 0 spiro atoms. The highest BCUT2D eigenvalue weighted by atomic mass is 15.2. The maximum Gasteiger partial charge on any atom is 0.140 e. The van der Waals surface area contributed by atoms with E-state index in [0.717, 1.165) is 56.3 Å². The molecule has 9 aromatic rings. The zero-order valence-electron chi connectivity index (χ0n) is 26.2. The predicted octanol–water partition coefficient (Wildman–Crippen LogP) is 10.8. The fraction of sp³-hybridized carbons (Fsp3) is 0.0233. The highest BCUT2D eigenvalue weighted by molar-refractivity contribution is 6.11. The third-order valence-electron chi connectivity index (χ3n) is 9.73. The third kappa shape index (κ3) is 3.85. The number of aromatic nitrogens is 4. The molecule has 1 aliphatic rings. The number of para-hydroxylation sites is 4. The van der Waals surface area contributed by atoms with Crippen LogP contribution in [0.3, 0.4) is 0 Å². The van der Waals surface area contributed by atoms with E-state index < -0.39 is 0 Å². The Kier molecular flexibility index (Phi) is 5.72. The van der Waals surface area contributed by atoms with E-state index in [-0.39, 0.29) is 0 Å². The van der Waals surface area contributed by atoms with Crippen molar-refractivity contribution in [3.05, 3.63) is 158 Å². The minimum atomic E-state index is 0.897. The van der Waals surface area contributed by atoms with Gasteiger partial charge in [0, 0.05) is 46.4 Å². The summed E-state index contributed by atoms with van der Waals surface area (Å²) in [5.41, 5.74) is 13.5. The summed E-state index contributed by atoms with van der Waals surface area (Å²) in [7, 11) is 2.10. The van der Waals surface area contributed by atoms with E-state index in [1.165, 1.54) is 33.0 Å². The first kappa shape index (κ1) is 26.7. The maximum absolute atomic E-state index is 5.09. The van der Waals surface area contributed by atoms with E-state index >= 15 is 0 Å². The summed E-state index contributed by atoms with van der Waals surface area (Å²) in [6.07, 6.45) is 1.86. The van der Waals surface area contributed by atoms with Gasteiger partial charge in [0.2, 0.25) is 0 Å². The van der Waals surface area contributed by atoms with Gasteiger partial charge in [0.25, 0.3) is 0 Å². The zero-order chi connectivity index (χ0) is 31.8. The first-order chi connectivity index (χ1) is 23.7. The molecule has 48 heavy (non-hydrogen) atoms. The molecule has 0 aliphatic carbocycles. The van der Waals surface area contributed by atoms with Crippen LogP contribution in [0.2, 0.25) is 0 Å². The Labute approximate surface area is 277 Å². The summed E-state index contributed by atoms with van der Waals surface area (Å²) < 4.78 is 4.47. The molecule has 6 aromatic carbocycles. The highest BCUT2D eigenvalue weighted by Gasteiger charge is 2.27. The van der Waals surface area contributed by atoms with Crippen molar-refractivity contribution in [2.24, 2.45) is 7.05 Å². The summed E-state index contributed by atoms with van der Waals surface area (Å²) in [5, 5.41) is 2.40. The van der Waals surface area contributed by atoms with Gasteiger partial charge in [-0.1, -0.05) is 97.1 Å². The number of imidazole rings is 1. The molecular formula is C43H29N5. The maximum atomic E-state index is 5.09. The molecule has 0 saturated heterocycles. The molecule has 0 radical (unpaired) electrons. The Balaban J connectivity index is 1.28. The number of fused-ring (bicyclic) bond motifs is 9. The van der Waals surface area contributed by atoms with E-state index in [0.29, 0.717) is 0 Å². The molecule has 0 amide bonds. The molecule has 5 heteroatoms. The lowest BCUT2D eigenvalue weighted by Gasteiger charge is -2.28. The molecule has 0 bridgehead atoms. The van der Waals surface area contributed by atoms with Gasteiger partial charge in [-0.25, -0.2) is 9.97 Å². The van der Waals surface area contributed by atoms with Gasteiger partial charge in [-0.05, 0) is 65.7 Å². The fourth-order valence-corrected chi connectivity index (χ4v) is 7.58. The standard InChI is InChI=1S/C43H29N5/c1-46-39-19-9-6-16-36(39)45-43(46)28-21-23-34-31-13-3-2-12-30(31)32-14-4-7-17-37(32)47(40(34)26-28)29-22-24-35-33-15-5-8-18-38(33)48(41(35)27-29)42-20-10-11-25-44-42/h2-27H,1H3. The molecule has 0 saturated carbocycles. The predicted molar refractivity (Wildman–Crippen MR) is 197 cm³/mol. The van der Waals surface area contributed by atoms with Crippen LogP contribution in [0.15, 0.2) is 158 Å². The average Bonchev–Trinajstić information content (AvgIpc) is 3.62. The molecule has 4 heterocycles. The van der Waals surface area contributed by atoms with Crippen LogP contribution < -0.4 is 4.90 Å². The van der Waals surface area contributed by atoms with Crippen LogP contribution in [-0.2, 0) is 7.05 Å². The largest absolute Gasteiger partial charge is 0.327 e. The number of pyridine rings is 1. The van der Waals surface area contributed by atoms with E-state index in [2.05, 4.69) is 155 Å². The fourth-order valence-electron chi connectivity index (χ4n) is 7.58. The van der Waals surface area contributed by atoms with Crippen LogP contribution in [0.5, 0.6) is 0 Å². The first-order valence-corrected chi connectivity index (χ1v) is 16.2. The third-order valence-corrected chi connectivity index (χ3v) is 9.73. The summed E-state index contributed by atoms with van der Waals surface area (Å²) in [5.74, 6) is 1.84. The lowest BCUT2D eigenvalue weighted by atomic mass is 9.94. The number of aryl methyl sites for hydroxylation is 1. The van der Waals surface area contributed by atoms with Gasteiger partial charge in [-0.15, -0.1) is 0 Å². The SMILES string of the molecule is Cn1c(-c2ccc3c(c2)N(c2ccc4c5ccccc5n(-c5ccccn5)c4c2)c2ccccc2-c2ccccc2-3)nc2ccccc21. The highest BCUT2D eigenvalue weighted by Crippen LogP contribution is 2.52. The van der Waals surface area contributed by atoms with Gasteiger partial charge >= 0.3 is 0 Å². The van der Waals surface area contributed by atoms with E-state index in [1.807, 2.05) is 24.4 Å². The van der Waals surface area contributed by atoms with Gasteiger partial charge < -0.3 is 9.47 Å². The van der Waals surface area contributed by atoms with Gasteiger partial charge in [0.05, 0.1) is 33.4 Å². The van der Waals surface area contributed by atoms with Crippen molar-refractivity contribution < 1.29 is 0 Å². The zero-order valence-corrected chi connectivity index (χ0v) is 26.2. The van der Waals surface area contributed by atoms with Crippen molar-refractivity contribution in [2.75, 3.05) is 4.90 Å². The second-order valence-corrected chi connectivity index (χ2v) is 12.4. The number of hydrogen-bond acceptors (Lipinski definition) is 3. The van der Waals surface area contributed by atoms with E-state index in [4.69, 9.17) is 9.97 Å². The van der Waals surface area contributed by atoms with Crippen LogP contribution in [0.25, 0.3) is 72.3 Å². The van der Waals surface area contributed by atoms with Gasteiger partial charge in [0.1, 0.15) is 11.6 Å². The lowest BCUT2D eigenvalue weighted by molar-refractivity contribution is 0.959. The van der Waals surface area contributed by atoms with Crippen molar-refractivity contribution in [1.29, 1.82) is 0 Å². The molecule has 5 nitrogen and oxygen atoms in total. The lowest BCUT2D eigenvalue weighted by Crippen LogP contribution is -2.11. The number of benzene rings is 6. The summed E-state index contributed by atoms with van der Waals surface area (Å²) in [6.45, 7) is 0. The van der Waals surface area contributed by atoms with Gasteiger partial charge in [0.15, 0.2) is 0 Å². The molecule has 10 rings (SSSR count). The number of anilines is 3. The van der Waals surface area contributed by atoms with Gasteiger partial charge in [-0.3, -0.25) is 4.57 Å².